The molecule has 0 amide bonds. The molecule has 0 unspecified atom stereocenters. The molecule has 0 saturated heterocycles. The van der Waals surface area contributed by atoms with E-state index in [1.807, 2.05) is 36.4 Å². The van der Waals surface area contributed by atoms with Gasteiger partial charge in [-0.2, -0.15) is 0 Å². The molecular formula is C15H9O2. The molecule has 0 N–H and O–H groups in total. The molecule has 17 heavy (non-hydrogen) atoms. The highest BCUT2D eigenvalue weighted by Crippen LogP contribution is 2.31. The zero-order valence-corrected chi connectivity index (χ0v) is 9.01. The van der Waals surface area contributed by atoms with E-state index in [4.69, 9.17) is 4.74 Å². The summed E-state index contributed by atoms with van der Waals surface area (Å²) in [4.78, 5) is 10.3. The number of benzene rings is 3. The summed E-state index contributed by atoms with van der Waals surface area (Å²) in [6.45, 7) is 1.47. The molecule has 0 spiro atoms. The van der Waals surface area contributed by atoms with Gasteiger partial charge in [-0.05, 0) is 28.3 Å². The maximum atomic E-state index is 10.3. The first kappa shape index (κ1) is 9.85. The van der Waals surface area contributed by atoms with Gasteiger partial charge in [0.15, 0.2) is 0 Å². The van der Waals surface area contributed by atoms with Gasteiger partial charge >= 0.3 is 6.47 Å². The third-order valence-corrected chi connectivity index (χ3v) is 2.90. The fourth-order valence-corrected chi connectivity index (χ4v) is 2.15. The lowest BCUT2D eigenvalue weighted by Crippen LogP contribution is -1.89. The summed E-state index contributed by atoms with van der Waals surface area (Å²) in [5.41, 5.74) is 0. The normalized spacial score (nSPS) is 10.6. The number of hydrogen-bond acceptors (Lipinski definition) is 2. The minimum atomic E-state index is 0.545. The Labute approximate surface area is 98.4 Å². The second-order valence-corrected chi connectivity index (χ2v) is 3.82. The molecule has 0 aliphatic heterocycles. The van der Waals surface area contributed by atoms with Gasteiger partial charge in [-0.3, -0.25) is 0 Å². The summed E-state index contributed by atoms with van der Waals surface area (Å²) < 4.78 is 4.86. The van der Waals surface area contributed by atoms with Crippen LogP contribution >= 0.6 is 0 Å². The van der Waals surface area contributed by atoms with Crippen LogP contribution in [0.5, 0.6) is 5.75 Å². The van der Waals surface area contributed by atoms with Crippen LogP contribution in [0.15, 0.2) is 54.6 Å². The van der Waals surface area contributed by atoms with E-state index in [0.29, 0.717) is 5.75 Å². The number of carbonyl (C=O) groups excluding carboxylic acids is 1. The molecule has 0 heterocycles. The van der Waals surface area contributed by atoms with Crippen molar-refractivity contribution in [1.29, 1.82) is 0 Å². The van der Waals surface area contributed by atoms with Crippen LogP contribution in [0.1, 0.15) is 0 Å². The lowest BCUT2D eigenvalue weighted by Gasteiger charge is -2.06. The maximum Gasteiger partial charge on any atom is 0.423 e. The van der Waals surface area contributed by atoms with Gasteiger partial charge in [-0.15, -0.1) is 0 Å². The summed E-state index contributed by atoms with van der Waals surface area (Å²) in [5.74, 6) is 0.545. The smallest absolute Gasteiger partial charge is 0.417 e. The molecule has 2 heteroatoms. The van der Waals surface area contributed by atoms with Crippen LogP contribution in [-0.4, -0.2) is 6.47 Å². The van der Waals surface area contributed by atoms with Gasteiger partial charge in [0.05, 0.1) is 0 Å². The minimum Gasteiger partial charge on any atom is -0.417 e. The molecule has 3 aromatic rings. The van der Waals surface area contributed by atoms with E-state index in [-0.39, 0.29) is 0 Å². The molecule has 2 nitrogen and oxygen atoms in total. The van der Waals surface area contributed by atoms with Gasteiger partial charge in [0.1, 0.15) is 5.75 Å². The zero-order chi connectivity index (χ0) is 11.7. The molecule has 1 radical (unpaired) electrons. The Morgan fingerprint density at radius 3 is 2.47 bits per heavy atom. The first-order chi connectivity index (χ1) is 8.40. The average molecular weight is 221 g/mol. The van der Waals surface area contributed by atoms with Crippen LogP contribution in [0.3, 0.4) is 0 Å². The van der Waals surface area contributed by atoms with Crippen molar-refractivity contribution in [2.75, 3.05) is 0 Å². The summed E-state index contributed by atoms with van der Waals surface area (Å²) in [5, 5.41) is 4.33. The fraction of sp³-hybridized carbons (Fsp3) is 0. The molecule has 0 bridgehead atoms. The van der Waals surface area contributed by atoms with Crippen molar-refractivity contribution < 1.29 is 9.53 Å². The lowest BCUT2D eigenvalue weighted by atomic mass is 10.0. The number of fused-ring (bicyclic) bond motifs is 3. The number of ether oxygens (including phenoxy) is 1. The van der Waals surface area contributed by atoms with Crippen molar-refractivity contribution >= 4 is 28.0 Å². The first-order valence-corrected chi connectivity index (χ1v) is 5.34. The highest BCUT2D eigenvalue weighted by Gasteiger charge is 2.04. The summed E-state index contributed by atoms with van der Waals surface area (Å²) in [6, 6.07) is 17.8. The zero-order valence-electron chi connectivity index (χ0n) is 9.01. The van der Waals surface area contributed by atoms with Crippen molar-refractivity contribution in [3.05, 3.63) is 54.6 Å². The van der Waals surface area contributed by atoms with Gasteiger partial charge in [-0.25, -0.2) is 4.79 Å². The monoisotopic (exact) mass is 221 g/mol. The molecule has 0 aliphatic rings. The van der Waals surface area contributed by atoms with E-state index in [0.717, 1.165) is 16.2 Å². The molecule has 0 saturated carbocycles. The second kappa shape index (κ2) is 3.91. The molecule has 0 fully saturated rings. The summed E-state index contributed by atoms with van der Waals surface area (Å²) in [7, 11) is 0. The Morgan fingerprint density at radius 2 is 1.59 bits per heavy atom. The van der Waals surface area contributed by atoms with E-state index in [1.54, 1.807) is 6.07 Å². The number of rotatable bonds is 2. The van der Waals surface area contributed by atoms with E-state index in [9.17, 15) is 4.79 Å². The third-order valence-electron chi connectivity index (χ3n) is 2.90. The third kappa shape index (κ3) is 1.54. The van der Waals surface area contributed by atoms with Crippen molar-refractivity contribution in [1.82, 2.24) is 0 Å². The number of hydrogen-bond donors (Lipinski definition) is 0. The van der Waals surface area contributed by atoms with Crippen molar-refractivity contribution in [2.45, 2.75) is 0 Å². The van der Waals surface area contributed by atoms with Gasteiger partial charge in [-0.1, -0.05) is 42.5 Å². The molecule has 3 aromatic carbocycles. The van der Waals surface area contributed by atoms with Crippen LogP contribution < -0.4 is 4.74 Å². The Bertz CT molecular complexity index is 701. The van der Waals surface area contributed by atoms with E-state index >= 15 is 0 Å². The van der Waals surface area contributed by atoms with Crippen LogP contribution in [0.4, 0.5) is 0 Å². The highest BCUT2D eigenvalue weighted by molar-refractivity contribution is 6.09. The molecule has 0 aromatic heterocycles. The Kier molecular flexibility index (Phi) is 2.26. The lowest BCUT2D eigenvalue weighted by molar-refractivity contribution is 0.445. The molecule has 3 rings (SSSR count). The SMILES string of the molecule is O=[C]Oc1cccc2c1ccc1ccccc12. The van der Waals surface area contributed by atoms with Gasteiger partial charge in [0.2, 0.25) is 0 Å². The Morgan fingerprint density at radius 1 is 0.765 bits per heavy atom. The van der Waals surface area contributed by atoms with Gasteiger partial charge in [0.25, 0.3) is 0 Å². The van der Waals surface area contributed by atoms with Crippen molar-refractivity contribution in [3.8, 4) is 5.75 Å². The highest BCUT2D eigenvalue weighted by atomic mass is 16.5. The van der Waals surface area contributed by atoms with Crippen LogP contribution in [0.2, 0.25) is 0 Å². The van der Waals surface area contributed by atoms with Gasteiger partial charge < -0.3 is 4.74 Å². The van der Waals surface area contributed by atoms with Crippen molar-refractivity contribution in [3.63, 3.8) is 0 Å². The van der Waals surface area contributed by atoms with Crippen LogP contribution in [0.25, 0.3) is 21.5 Å². The van der Waals surface area contributed by atoms with Gasteiger partial charge in [0, 0.05) is 5.39 Å². The fourth-order valence-electron chi connectivity index (χ4n) is 2.15. The molecular weight excluding hydrogens is 212 g/mol. The maximum absolute atomic E-state index is 10.3. The van der Waals surface area contributed by atoms with E-state index in [2.05, 4.69) is 12.1 Å². The summed E-state index contributed by atoms with van der Waals surface area (Å²) >= 11 is 0. The average Bonchev–Trinajstić information content (AvgIpc) is 2.39. The summed E-state index contributed by atoms with van der Waals surface area (Å²) in [6.07, 6.45) is 0. The Balaban J connectivity index is 2.43. The standard InChI is InChI=1S/C15H9O2/c16-10-17-15-7-3-6-13-12-5-2-1-4-11(12)8-9-14(13)15/h1-9H. The predicted octanol–water partition coefficient (Wildman–Crippen LogP) is 3.44. The Hall–Kier alpha value is -2.35. The first-order valence-electron chi connectivity index (χ1n) is 5.34. The molecule has 0 aliphatic carbocycles. The van der Waals surface area contributed by atoms with Crippen LogP contribution in [0, 0.1) is 0 Å². The molecule has 0 atom stereocenters. The predicted molar refractivity (Wildman–Crippen MR) is 67.8 cm³/mol. The quantitative estimate of drug-likeness (QED) is 0.619. The largest absolute Gasteiger partial charge is 0.423 e. The van der Waals surface area contributed by atoms with Crippen LogP contribution in [-0.2, 0) is 4.79 Å². The van der Waals surface area contributed by atoms with E-state index in [1.165, 1.54) is 11.9 Å². The van der Waals surface area contributed by atoms with Crippen molar-refractivity contribution in [2.24, 2.45) is 0 Å². The van der Waals surface area contributed by atoms with E-state index < -0.39 is 0 Å². The topological polar surface area (TPSA) is 26.3 Å². The minimum absolute atomic E-state index is 0.545. The molecule has 81 valence electrons. The second-order valence-electron chi connectivity index (χ2n) is 3.82.